The zero-order valence-corrected chi connectivity index (χ0v) is 20.4. The lowest BCUT2D eigenvalue weighted by molar-refractivity contribution is -0.135. The lowest BCUT2D eigenvalue weighted by Crippen LogP contribution is -2.47. The summed E-state index contributed by atoms with van der Waals surface area (Å²) in [6, 6.07) is 14.8. The minimum Gasteiger partial charge on any atom is -0.491 e. The lowest BCUT2D eigenvalue weighted by Gasteiger charge is -2.37. The molecule has 0 N–H and O–H groups in total. The van der Waals surface area contributed by atoms with Gasteiger partial charge in [0.15, 0.2) is 0 Å². The van der Waals surface area contributed by atoms with Crippen LogP contribution in [-0.2, 0) is 17.8 Å². The third-order valence-corrected chi connectivity index (χ3v) is 7.75. The monoisotopic (exact) mass is 510 g/mol. The van der Waals surface area contributed by atoms with Crippen molar-refractivity contribution in [3.63, 3.8) is 0 Å². The minimum absolute atomic E-state index is 0.0899. The highest BCUT2D eigenvalue weighted by molar-refractivity contribution is 7.12. The van der Waals surface area contributed by atoms with Gasteiger partial charge in [-0.2, -0.15) is 0 Å². The van der Waals surface area contributed by atoms with E-state index in [4.69, 9.17) is 9.15 Å². The normalized spacial score (nSPS) is 15.0. The number of fused-ring (bicyclic) bond motifs is 1. The molecule has 1 atom stereocenters. The van der Waals surface area contributed by atoms with Gasteiger partial charge in [0.05, 0.1) is 23.7 Å². The summed E-state index contributed by atoms with van der Waals surface area (Å²) in [4.78, 5) is 31.9. The molecule has 9 heteroatoms. The molecule has 1 unspecified atom stereocenters. The largest absolute Gasteiger partial charge is 0.491 e. The van der Waals surface area contributed by atoms with Gasteiger partial charge in [-0.3, -0.25) is 9.59 Å². The predicted molar refractivity (Wildman–Crippen MR) is 132 cm³/mol. The summed E-state index contributed by atoms with van der Waals surface area (Å²) < 4.78 is 25.0. The number of hydrogen-bond donors (Lipinski definition) is 0. The average Bonchev–Trinajstić information content (AvgIpc) is 3.64. The zero-order valence-electron chi connectivity index (χ0n) is 18.8. The van der Waals surface area contributed by atoms with Crippen molar-refractivity contribution in [1.82, 2.24) is 9.80 Å². The number of benzene rings is 1. The standard InChI is InChI=1S/C26H23FN2O4S2/c27-18-4-1-5-19(14-18)33-17-22-21-9-13-35-23(21)8-10-29(22)25(30)16-28(15-20-6-2-11-32-20)26(31)24-7-3-12-34-24/h1-7,9,11-14,22H,8,10,15-17H2. The Morgan fingerprint density at radius 3 is 2.80 bits per heavy atom. The van der Waals surface area contributed by atoms with Crippen molar-refractivity contribution in [1.29, 1.82) is 0 Å². The Kier molecular flexibility index (Phi) is 6.96. The van der Waals surface area contributed by atoms with E-state index in [0.717, 1.165) is 12.0 Å². The first kappa shape index (κ1) is 23.3. The van der Waals surface area contributed by atoms with Gasteiger partial charge in [0.2, 0.25) is 5.91 Å². The van der Waals surface area contributed by atoms with Gasteiger partial charge in [-0.05, 0) is 59.1 Å². The highest BCUT2D eigenvalue weighted by atomic mass is 32.1. The first-order valence-corrected chi connectivity index (χ1v) is 12.9. The van der Waals surface area contributed by atoms with E-state index in [0.29, 0.717) is 22.9 Å². The number of ether oxygens (including phenoxy) is 1. The molecule has 1 aliphatic heterocycles. The van der Waals surface area contributed by atoms with E-state index in [2.05, 4.69) is 0 Å². The van der Waals surface area contributed by atoms with Crippen molar-refractivity contribution < 1.29 is 23.1 Å². The molecule has 1 aliphatic rings. The number of amides is 2. The van der Waals surface area contributed by atoms with Crippen molar-refractivity contribution in [2.45, 2.75) is 19.0 Å². The number of thiophene rings is 2. The summed E-state index contributed by atoms with van der Waals surface area (Å²) in [6.45, 7) is 0.812. The number of hydrogen-bond acceptors (Lipinski definition) is 6. The molecule has 1 aromatic carbocycles. The molecule has 0 saturated carbocycles. The lowest BCUT2D eigenvalue weighted by atomic mass is 10.0. The number of nitrogens with zero attached hydrogens (tertiary/aromatic N) is 2. The van der Waals surface area contributed by atoms with Crippen molar-refractivity contribution in [3.05, 3.63) is 98.5 Å². The van der Waals surface area contributed by atoms with E-state index in [1.807, 2.05) is 22.9 Å². The second kappa shape index (κ2) is 10.5. The Hall–Kier alpha value is -3.43. The maximum absolute atomic E-state index is 13.6. The van der Waals surface area contributed by atoms with Crippen molar-refractivity contribution in [3.8, 4) is 5.75 Å². The number of furan rings is 1. The Balaban J connectivity index is 1.36. The van der Waals surface area contributed by atoms with Crippen LogP contribution >= 0.6 is 22.7 Å². The van der Waals surface area contributed by atoms with E-state index in [-0.39, 0.29) is 43.4 Å². The summed E-state index contributed by atoms with van der Waals surface area (Å²) in [5, 5.41) is 3.85. The van der Waals surface area contributed by atoms with Gasteiger partial charge in [0.25, 0.3) is 5.91 Å². The minimum atomic E-state index is -0.379. The Morgan fingerprint density at radius 2 is 2.03 bits per heavy atom. The molecule has 0 fully saturated rings. The van der Waals surface area contributed by atoms with Gasteiger partial charge in [-0.25, -0.2) is 4.39 Å². The maximum atomic E-state index is 13.6. The summed E-state index contributed by atoms with van der Waals surface area (Å²) in [5.74, 6) is 0.243. The topological polar surface area (TPSA) is 63.0 Å². The average molecular weight is 511 g/mol. The molecular formula is C26H23FN2O4S2. The van der Waals surface area contributed by atoms with Gasteiger partial charge in [-0.15, -0.1) is 22.7 Å². The summed E-state index contributed by atoms with van der Waals surface area (Å²) in [5.41, 5.74) is 1.04. The van der Waals surface area contributed by atoms with Gasteiger partial charge in [-0.1, -0.05) is 12.1 Å². The third-order valence-electron chi connectivity index (χ3n) is 5.89. The number of carbonyl (C=O) groups is 2. The Bertz CT molecular complexity index is 1290. The second-order valence-electron chi connectivity index (χ2n) is 8.14. The van der Waals surface area contributed by atoms with Crippen LogP contribution in [0.5, 0.6) is 5.75 Å². The van der Waals surface area contributed by atoms with Crippen molar-refractivity contribution in [2.75, 3.05) is 19.7 Å². The molecular weight excluding hydrogens is 487 g/mol. The molecule has 4 heterocycles. The van der Waals surface area contributed by atoms with Crippen LogP contribution in [-0.4, -0.2) is 41.3 Å². The van der Waals surface area contributed by atoms with E-state index in [9.17, 15) is 14.0 Å². The Labute approximate surface area is 210 Å². The first-order chi connectivity index (χ1) is 17.1. The van der Waals surface area contributed by atoms with Gasteiger partial charge < -0.3 is 19.0 Å². The molecule has 6 nitrogen and oxygen atoms in total. The number of carbonyl (C=O) groups excluding carboxylic acids is 2. The molecule has 180 valence electrons. The van der Waals surface area contributed by atoms with Gasteiger partial charge in [0.1, 0.15) is 30.5 Å². The molecule has 35 heavy (non-hydrogen) atoms. The highest BCUT2D eigenvalue weighted by Gasteiger charge is 2.34. The van der Waals surface area contributed by atoms with E-state index >= 15 is 0 Å². The van der Waals surface area contributed by atoms with Crippen LogP contribution in [0.25, 0.3) is 0 Å². The quantitative estimate of drug-likeness (QED) is 0.319. The van der Waals surface area contributed by atoms with E-state index < -0.39 is 0 Å². The fourth-order valence-corrected chi connectivity index (χ4v) is 5.83. The molecule has 0 saturated heterocycles. The van der Waals surface area contributed by atoms with Crippen LogP contribution < -0.4 is 4.74 Å². The SMILES string of the molecule is O=C(c1cccs1)N(CC(=O)N1CCc2sccc2C1COc1cccc(F)c1)Cc1ccco1. The molecule has 3 aromatic heterocycles. The highest BCUT2D eigenvalue weighted by Crippen LogP contribution is 2.34. The molecule has 0 bridgehead atoms. The molecule has 5 rings (SSSR count). The molecule has 0 radical (unpaired) electrons. The van der Waals surface area contributed by atoms with E-state index in [1.165, 1.54) is 33.2 Å². The Morgan fingerprint density at radius 1 is 1.11 bits per heavy atom. The van der Waals surface area contributed by atoms with Crippen molar-refractivity contribution >= 4 is 34.5 Å². The van der Waals surface area contributed by atoms with Crippen LogP contribution in [0, 0.1) is 5.82 Å². The first-order valence-electron chi connectivity index (χ1n) is 11.2. The second-order valence-corrected chi connectivity index (χ2v) is 10.1. The molecule has 2 amide bonds. The van der Waals surface area contributed by atoms with Crippen LogP contribution in [0.15, 0.2) is 76.0 Å². The summed E-state index contributed by atoms with van der Waals surface area (Å²) >= 11 is 3.00. The molecule has 0 aliphatic carbocycles. The number of halogens is 1. The maximum Gasteiger partial charge on any atom is 0.264 e. The van der Waals surface area contributed by atoms with Gasteiger partial charge >= 0.3 is 0 Å². The fourth-order valence-electron chi connectivity index (χ4n) is 4.21. The fraction of sp³-hybridized carbons (Fsp3) is 0.231. The molecule has 0 spiro atoms. The zero-order chi connectivity index (χ0) is 24.2. The van der Waals surface area contributed by atoms with Crippen LogP contribution in [0.4, 0.5) is 4.39 Å². The summed E-state index contributed by atoms with van der Waals surface area (Å²) in [7, 11) is 0. The van der Waals surface area contributed by atoms with Crippen LogP contribution in [0.2, 0.25) is 0 Å². The predicted octanol–water partition coefficient (Wildman–Crippen LogP) is 5.39. The van der Waals surface area contributed by atoms with Crippen LogP contribution in [0.1, 0.15) is 31.9 Å². The van der Waals surface area contributed by atoms with Crippen molar-refractivity contribution in [2.24, 2.45) is 0 Å². The van der Waals surface area contributed by atoms with Crippen LogP contribution in [0.3, 0.4) is 0 Å². The van der Waals surface area contributed by atoms with E-state index in [1.54, 1.807) is 52.8 Å². The third kappa shape index (κ3) is 5.31. The summed E-state index contributed by atoms with van der Waals surface area (Å²) in [6.07, 6.45) is 2.29. The number of rotatable bonds is 8. The van der Waals surface area contributed by atoms with Gasteiger partial charge in [0, 0.05) is 17.5 Å². The smallest absolute Gasteiger partial charge is 0.264 e. The molecule has 4 aromatic rings.